The van der Waals surface area contributed by atoms with Gasteiger partial charge in [-0.1, -0.05) is 24.0 Å². The van der Waals surface area contributed by atoms with Crippen LogP contribution in [0.4, 0.5) is 4.39 Å². The number of hydrogen-bond acceptors (Lipinski definition) is 2. The maximum atomic E-state index is 13.6. The number of hydrogen-bond donors (Lipinski definition) is 1. The summed E-state index contributed by atoms with van der Waals surface area (Å²) in [4.78, 5) is 11.8. The molecular weight excluding hydrogens is 255 g/mol. The summed E-state index contributed by atoms with van der Waals surface area (Å²) in [6, 6.07) is 9.75. The summed E-state index contributed by atoms with van der Waals surface area (Å²) in [5.74, 6) is 4.94. The van der Waals surface area contributed by atoms with Crippen molar-refractivity contribution in [3.63, 3.8) is 0 Å². The van der Waals surface area contributed by atoms with Crippen LogP contribution in [0.1, 0.15) is 16.8 Å². The molecule has 0 amide bonds. The molecule has 2 aromatic rings. The van der Waals surface area contributed by atoms with E-state index in [0.717, 1.165) is 11.3 Å². The van der Waals surface area contributed by atoms with Gasteiger partial charge < -0.3 is 10.3 Å². The Hall–Kier alpha value is -2.38. The fourth-order valence-electron chi connectivity index (χ4n) is 1.92. The summed E-state index contributed by atoms with van der Waals surface area (Å²) >= 11 is 0. The van der Waals surface area contributed by atoms with Gasteiger partial charge in [0.1, 0.15) is 5.82 Å². The average molecular weight is 270 g/mol. The second-order valence-corrected chi connectivity index (χ2v) is 4.41. The van der Waals surface area contributed by atoms with Crippen molar-refractivity contribution in [3.8, 4) is 11.8 Å². The van der Waals surface area contributed by atoms with Crippen molar-refractivity contribution in [1.29, 1.82) is 0 Å². The van der Waals surface area contributed by atoms with E-state index in [4.69, 9.17) is 5.73 Å². The molecular formula is C16H15FN2O. The summed E-state index contributed by atoms with van der Waals surface area (Å²) < 4.78 is 15.2. The molecule has 1 aromatic carbocycles. The van der Waals surface area contributed by atoms with Gasteiger partial charge in [-0.2, -0.15) is 0 Å². The zero-order valence-electron chi connectivity index (χ0n) is 11.2. The number of rotatable bonds is 2. The van der Waals surface area contributed by atoms with E-state index < -0.39 is 0 Å². The van der Waals surface area contributed by atoms with E-state index in [1.165, 1.54) is 12.1 Å². The van der Waals surface area contributed by atoms with Gasteiger partial charge in [-0.25, -0.2) is 4.39 Å². The monoisotopic (exact) mass is 270 g/mol. The zero-order valence-corrected chi connectivity index (χ0v) is 11.2. The molecule has 3 nitrogen and oxygen atoms in total. The molecule has 0 radical (unpaired) electrons. The lowest BCUT2D eigenvalue weighted by Crippen LogP contribution is -2.21. The highest BCUT2D eigenvalue weighted by molar-refractivity contribution is 5.38. The van der Waals surface area contributed by atoms with Gasteiger partial charge in [-0.05, 0) is 30.7 Å². The Labute approximate surface area is 116 Å². The van der Waals surface area contributed by atoms with Gasteiger partial charge in [0.2, 0.25) is 0 Å². The van der Waals surface area contributed by atoms with E-state index in [9.17, 15) is 9.18 Å². The standard InChI is InChI=1S/C16H15FN2O/c1-12-4-2-6-16(20)19(12)11-13-7-8-15(17)14(10-13)5-3-9-18/h2,4,6-8,10H,9,11,18H2,1H3. The normalized spacial score (nSPS) is 9.95. The molecule has 1 heterocycles. The van der Waals surface area contributed by atoms with E-state index in [2.05, 4.69) is 11.8 Å². The predicted octanol–water partition coefficient (Wildman–Crippen LogP) is 1.65. The first-order valence-electron chi connectivity index (χ1n) is 6.25. The van der Waals surface area contributed by atoms with Crippen LogP contribution in [0.2, 0.25) is 0 Å². The van der Waals surface area contributed by atoms with Crippen molar-refractivity contribution in [3.05, 3.63) is 69.4 Å². The molecule has 0 saturated carbocycles. The Morgan fingerprint density at radius 1 is 1.30 bits per heavy atom. The first-order valence-corrected chi connectivity index (χ1v) is 6.25. The van der Waals surface area contributed by atoms with E-state index in [0.29, 0.717) is 12.1 Å². The number of nitrogens with zero attached hydrogens (tertiary/aromatic N) is 1. The van der Waals surface area contributed by atoms with Crippen molar-refractivity contribution in [2.75, 3.05) is 6.54 Å². The lowest BCUT2D eigenvalue weighted by molar-refractivity contribution is 0.622. The minimum atomic E-state index is -0.383. The summed E-state index contributed by atoms with van der Waals surface area (Å²) in [7, 11) is 0. The Kier molecular flexibility index (Phi) is 4.34. The number of aromatic nitrogens is 1. The number of halogens is 1. The Morgan fingerprint density at radius 2 is 2.10 bits per heavy atom. The summed E-state index contributed by atoms with van der Waals surface area (Å²) in [5, 5.41) is 0. The highest BCUT2D eigenvalue weighted by atomic mass is 19.1. The molecule has 2 rings (SSSR count). The smallest absolute Gasteiger partial charge is 0.251 e. The van der Waals surface area contributed by atoms with Gasteiger partial charge in [0.15, 0.2) is 0 Å². The number of benzene rings is 1. The molecule has 4 heteroatoms. The zero-order chi connectivity index (χ0) is 14.5. The largest absolute Gasteiger partial charge is 0.320 e. The molecule has 0 fully saturated rings. The van der Waals surface area contributed by atoms with Gasteiger partial charge in [-0.3, -0.25) is 4.79 Å². The molecule has 1 aromatic heterocycles. The van der Waals surface area contributed by atoms with Crippen LogP contribution in [0.15, 0.2) is 41.2 Å². The van der Waals surface area contributed by atoms with E-state index in [-0.39, 0.29) is 17.9 Å². The predicted molar refractivity (Wildman–Crippen MR) is 76.9 cm³/mol. The molecule has 0 aliphatic rings. The molecule has 0 spiro atoms. The molecule has 0 bridgehead atoms. The van der Waals surface area contributed by atoms with Crippen molar-refractivity contribution in [2.24, 2.45) is 5.73 Å². The highest BCUT2D eigenvalue weighted by Crippen LogP contribution is 2.11. The average Bonchev–Trinajstić information content (AvgIpc) is 2.43. The third kappa shape index (κ3) is 3.14. The van der Waals surface area contributed by atoms with Crippen molar-refractivity contribution in [1.82, 2.24) is 4.57 Å². The van der Waals surface area contributed by atoms with Crippen LogP contribution in [0.5, 0.6) is 0 Å². The molecule has 0 saturated heterocycles. The van der Waals surface area contributed by atoms with Crippen LogP contribution >= 0.6 is 0 Å². The Morgan fingerprint density at radius 3 is 2.80 bits per heavy atom. The van der Waals surface area contributed by atoms with Crippen LogP contribution < -0.4 is 11.3 Å². The summed E-state index contributed by atoms with van der Waals surface area (Å²) in [6.07, 6.45) is 0. The number of pyridine rings is 1. The number of nitrogens with two attached hydrogens (primary N) is 1. The summed E-state index contributed by atoms with van der Waals surface area (Å²) in [5.41, 5.74) is 7.19. The minimum Gasteiger partial charge on any atom is -0.320 e. The van der Waals surface area contributed by atoms with Crippen LogP contribution in [0.25, 0.3) is 0 Å². The third-order valence-corrected chi connectivity index (χ3v) is 2.96. The quantitative estimate of drug-likeness (QED) is 0.844. The van der Waals surface area contributed by atoms with Crippen molar-refractivity contribution in [2.45, 2.75) is 13.5 Å². The first-order chi connectivity index (χ1) is 9.61. The molecule has 0 aliphatic heterocycles. The molecule has 2 N–H and O–H groups in total. The lowest BCUT2D eigenvalue weighted by atomic mass is 10.1. The second-order valence-electron chi connectivity index (χ2n) is 4.41. The third-order valence-electron chi connectivity index (χ3n) is 2.96. The highest BCUT2D eigenvalue weighted by Gasteiger charge is 2.04. The molecule has 20 heavy (non-hydrogen) atoms. The Bertz CT molecular complexity index is 738. The maximum absolute atomic E-state index is 13.6. The second kappa shape index (κ2) is 6.18. The van der Waals surface area contributed by atoms with Crippen molar-refractivity contribution < 1.29 is 4.39 Å². The summed E-state index contributed by atoms with van der Waals surface area (Å²) in [6.45, 7) is 2.43. The van der Waals surface area contributed by atoms with Gasteiger partial charge in [0, 0.05) is 11.8 Å². The topological polar surface area (TPSA) is 48.0 Å². The SMILES string of the molecule is Cc1cccc(=O)n1Cc1ccc(F)c(C#CCN)c1. The molecule has 102 valence electrons. The number of aryl methyl sites for hydroxylation is 1. The van der Waals surface area contributed by atoms with Gasteiger partial charge in [-0.15, -0.1) is 0 Å². The van der Waals surface area contributed by atoms with Gasteiger partial charge in [0.25, 0.3) is 5.56 Å². The molecule has 0 aliphatic carbocycles. The lowest BCUT2D eigenvalue weighted by Gasteiger charge is -2.09. The van der Waals surface area contributed by atoms with Crippen molar-refractivity contribution >= 4 is 0 Å². The van der Waals surface area contributed by atoms with E-state index >= 15 is 0 Å². The molecule has 0 unspecified atom stereocenters. The molecule has 0 atom stereocenters. The van der Waals surface area contributed by atoms with Gasteiger partial charge >= 0.3 is 0 Å². The maximum Gasteiger partial charge on any atom is 0.251 e. The fourth-order valence-corrected chi connectivity index (χ4v) is 1.92. The van der Waals surface area contributed by atoms with E-state index in [1.807, 2.05) is 13.0 Å². The first kappa shape index (κ1) is 14.0. The van der Waals surface area contributed by atoms with Crippen LogP contribution in [0.3, 0.4) is 0 Å². The minimum absolute atomic E-state index is 0.0797. The van der Waals surface area contributed by atoms with Gasteiger partial charge in [0.05, 0.1) is 18.7 Å². The Balaban J connectivity index is 2.37. The van der Waals surface area contributed by atoms with E-state index in [1.54, 1.807) is 22.8 Å². The fraction of sp³-hybridized carbons (Fsp3) is 0.188. The van der Waals surface area contributed by atoms with Crippen LogP contribution in [-0.4, -0.2) is 11.1 Å². The van der Waals surface area contributed by atoms with Crippen LogP contribution in [-0.2, 0) is 6.54 Å². The van der Waals surface area contributed by atoms with Crippen LogP contribution in [0, 0.1) is 24.6 Å².